The average Bonchev–Trinajstić information content (AvgIpc) is 2.44. The first-order valence-electron chi connectivity index (χ1n) is 6.09. The van der Waals surface area contributed by atoms with Crippen LogP contribution in [0.1, 0.15) is 27.4 Å². The highest BCUT2D eigenvalue weighted by Gasteiger charge is 2.24. The molecule has 0 spiro atoms. The van der Waals surface area contributed by atoms with E-state index in [4.69, 9.17) is 23.2 Å². The Balaban J connectivity index is 2.43. The minimum Gasteiger partial charge on any atom is -0.292 e. The first-order valence-corrected chi connectivity index (χ1v) is 6.84. The van der Waals surface area contributed by atoms with E-state index in [1.165, 1.54) is 18.2 Å². The first kappa shape index (κ1) is 15.5. The van der Waals surface area contributed by atoms with E-state index in [0.29, 0.717) is 10.6 Å². The summed E-state index contributed by atoms with van der Waals surface area (Å²) in [4.78, 5) is 12.4. The molecule has 0 amide bonds. The summed E-state index contributed by atoms with van der Waals surface area (Å²) in [6.45, 7) is 1.81. The zero-order valence-corrected chi connectivity index (χ0v) is 12.5. The van der Waals surface area contributed by atoms with Crippen LogP contribution in [-0.4, -0.2) is 5.78 Å². The van der Waals surface area contributed by atoms with E-state index in [9.17, 15) is 14.4 Å². The molecule has 0 fully saturated rings. The summed E-state index contributed by atoms with van der Waals surface area (Å²) >= 11 is 11.9. The van der Waals surface area contributed by atoms with Gasteiger partial charge in [0.25, 0.3) is 0 Å². The van der Waals surface area contributed by atoms with Crippen LogP contribution in [0.15, 0.2) is 36.4 Å². The van der Waals surface area contributed by atoms with Crippen LogP contribution in [-0.2, 0) is 0 Å². The van der Waals surface area contributed by atoms with Crippen molar-refractivity contribution in [1.29, 1.82) is 5.26 Å². The first-order chi connectivity index (χ1) is 9.93. The molecule has 2 aromatic carbocycles. The van der Waals surface area contributed by atoms with Crippen molar-refractivity contribution in [1.82, 2.24) is 0 Å². The average molecular weight is 322 g/mol. The van der Waals surface area contributed by atoms with Gasteiger partial charge in [0.1, 0.15) is 11.7 Å². The Kier molecular flexibility index (Phi) is 4.62. The van der Waals surface area contributed by atoms with Crippen LogP contribution in [0.2, 0.25) is 10.0 Å². The van der Waals surface area contributed by atoms with Crippen LogP contribution in [0.3, 0.4) is 0 Å². The largest absolute Gasteiger partial charge is 0.292 e. The summed E-state index contributed by atoms with van der Waals surface area (Å²) in [5, 5.41) is 9.77. The van der Waals surface area contributed by atoms with Crippen molar-refractivity contribution in [2.24, 2.45) is 0 Å². The van der Waals surface area contributed by atoms with Gasteiger partial charge >= 0.3 is 0 Å². The Morgan fingerprint density at radius 1 is 1.19 bits per heavy atom. The van der Waals surface area contributed by atoms with Crippen LogP contribution >= 0.6 is 23.2 Å². The standard InChI is InChI=1S/C16H10Cl2FNO/c1-9-2-3-10(6-14(9)17)16(21)13(8-20)12-5-4-11(19)7-15(12)18/h2-7,13H,1H3. The van der Waals surface area contributed by atoms with E-state index in [1.54, 1.807) is 12.1 Å². The van der Waals surface area contributed by atoms with Crippen molar-refractivity contribution in [2.45, 2.75) is 12.8 Å². The van der Waals surface area contributed by atoms with Crippen molar-refractivity contribution in [3.63, 3.8) is 0 Å². The fourth-order valence-corrected chi connectivity index (χ4v) is 2.37. The summed E-state index contributed by atoms with van der Waals surface area (Å²) in [6.07, 6.45) is 0. The van der Waals surface area contributed by atoms with Gasteiger partial charge in [-0.15, -0.1) is 0 Å². The van der Waals surface area contributed by atoms with Crippen LogP contribution in [0.4, 0.5) is 4.39 Å². The van der Waals surface area contributed by atoms with Crippen LogP contribution in [0.5, 0.6) is 0 Å². The maximum absolute atomic E-state index is 13.1. The number of halogens is 3. The molecule has 5 heteroatoms. The van der Waals surface area contributed by atoms with Crippen molar-refractivity contribution >= 4 is 29.0 Å². The number of nitriles is 1. The highest BCUT2D eigenvalue weighted by Crippen LogP contribution is 2.29. The Labute approximate surface area is 131 Å². The second-order valence-electron chi connectivity index (χ2n) is 4.56. The molecular weight excluding hydrogens is 312 g/mol. The maximum atomic E-state index is 13.1. The lowest BCUT2D eigenvalue weighted by Crippen LogP contribution is -2.12. The normalized spacial score (nSPS) is 11.8. The van der Waals surface area contributed by atoms with E-state index >= 15 is 0 Å². The minimum absolute atomic E-state index is 0.0492. The molecule has 0 heterocycles. The van der Waals surface area contributed by atoms with Crippen molar-refractivity contribution in [3.8, 4) is 6.07 Å². The van der Waals surface area contributed by atoms with Gasteiger partial charge in [-0.25, -0.2) is 4.39 Å². The van der Waals surface area contributed by atoms with Gasteiger partial charge < -0.3 is 0 Å². The molecule has 106 valence electrons. The summed E-state index contributed by atoms with van der Waals surface area (Å²) < 4.78 is 13.1. The molecule has 2 rings (SSSR count). The van der Waals surface area contributed by atoms with E-state index in [0.717, 1.165) is 11.6 Å². The van der Waals surface area contributed by atoms with Crippen LogP contribution in [0, 0.1) is 24.1 Å². The SMILES string of the molecule is Cc1ccc(C(=O)C(C#N)c2ccc(F)cc2Cl)cc1Cl. The fourth-order valence-electron chi connectivity index (χ4n) is 1.92. The number of hydrogen-bond donors (Lipinski definition) is 0. The summed E-state index contributed by atoms with van der Waals surface area (Å²) in [6, 6.07) is 10.3. The van der Waals surface area contributed by atoms with Crippen molar-refractivity contribution in [2.75, 3.05) is 0 Å². The molecule has 1 unspecified atom stereocenters. The molecule has 1 atom stereocenters. The van der Waals surface area contributed by atoms with Gasteiger partial charge in [-0.3, -0.25) is 4.79 Å². The van der Waals surface area contributed by atoms with Gasteiger partial charge in [-0.2, -0.15) is 5.26 Å². The van der Waals surface area contributed by atoms with Gasteiger partial charge in [-0.05, 0) is 36.2 Å². The van der Waals surface area contributed by atoms with E-state index in [1.807, 2.05) is 13.0 Å². The molecule has 2 aromatic rings. The molecule has 0 N–H and O–H groups in total. The number of carbonyl (C=O) groups excluding carboxylic acids is 1. The Hall–Kier alpha value is -1.89. The molecule has 0 saturated carbocycles. The molecule has 0 bridgehead atoms. The summed E-state index contributed by atoms with van der Waals surface area (Å²) in [5.74, 6) is -2.05. The van der Waals surface area contributed by atoms with Gasteiger partial charge in [0.15, 0.2) is 5.78 Å². The number of benzene rings is 2. The Morgan fingerprint density at radius 3 is 2.48 bits per heavy atom. The number of ketones is 1. The predicted molar refractivity (Wildman–Crippen MR) is 80.3 cm³/mol. The molecule has 0 radical (unpaired) electrons. The maximum Gasteiger partial charge on any atom is 0.184 e. The fraction of sp³-hybridized carbons (Fsp3) is 0.125. The number of aryl methyl sites for hydroxylation is 1. The molecule has 21 heavy (non-hydrogen) atoms. The zero-order chi connectivity index (χ0) is 15.6. The quantitative estimate of drug-likeness (QED) is 0.752. The van der Waals surface area contributed by atoms with Crippen molar-refractivity contribution < 1.29 is 9.18 Å². The third kappa shape index (κ3) is 3.24. The predicted octanol–water partition coefficient (Wildman–Crippen LogP) is 4.93. The van der Waals surface area contributed by atoms with Crippen LogP contribution in [0.25, 0.3) is 0 Å². The lowest BCUT2D eigenvalue weighted by Gasteiger charge is -2.11. The molecule has 0 aromatic heterocycles. The van der Waals surface area contributed by atoms with Crippen molar-refractivity contribution in [3.05, 3.63) is 69.0 Å². The number of rotatable bonds is 3. The molecular formula is C16H10Cl2FNO. The summed E-state index contributed by atoms with van der Waals surface area (Å²) in [5.41, 5.74) is 1.43. The lowest BCUT2D eigenvalue weighted by atomic mass is 9.91. The third-order valence-electron chi connectivity index (χ3n) is 3.12. The highest BCUT2D eigenvalue weighted by molar-refractivity contribution is 6.32. The Morgan fingerprint density at radius 2 is 1.90 bits per heavy atom. The van der Waals surface area contributed by atoms with E-state index < -0.39 is 17.5 Å². The third-order valence-corrected chi connectivity index (χ3v) is 3.86. The Bertz CT molecular complexity index is 752. The van der Waals surface area contributed by atoms with Gasteiger partial charge in [0.2, 0.25) is 0 Å². The number of carbonyl (C=O) groups is 1. The topological polar surface area (TPSA) is 40.9 Å². The highest BCUT2D eigenvalue weighted by atomic mass is 35.5. The van der Waals surface area contributed by atoms with Gasteiger partial charge in [-0.1, -0.05) is 41.4 Å². The molecule has 0 saturated heterocycles. The second-order valence-corrected chi connectivity index (χ2v) is 5.37. The number of nitrogens with zero attached hydrogens (tertiary/aromatic N) is 1. The van der Waals surface area contributed by atoms with Crippen LogP contribution < -0.4 is 0 Å². The van der Waals surface area contributed by atoms with Gasteiger partial charge in [0, 0.05) is 15.6 Å². The molecule has 0 aliphatic rings. The lowest BCUT2D eigenvalue weighted by molar-refractivity contribution is 0.0979. The number of Topliss-reactive ketones (excluding diaryl/α,β-unsaturated/α-hetero) is 1. The zero-order valence-electron chi connectivity index (χ0n) is 11.0. The summed E-state index contributed by atoms with van der Waals surface area (Å²) in [7, 11) is 0. The molecule has 2 nitrogen and oxygen atoms in total. The number of hydrogen-bond acceptors (Lipinski definition) is 2. The smallest absolute Gasteiger partial charge is 0.184 e. The van der Waals surface area contributed by atoms with E-state index in [2.05, 4.69) is 0 Å². The monoisotopic (exact) mass is 321 g/mol. The van der Waals surface area contributed by atoms with Gasteiger partial charge in [0.05, 0.1) is 6.07 Å². The molecule has 0 aliphatic carbocycles. The molecule has 0 aliphatic heterocycles. The second kappa shape index (κ2) is 6.26. The van der Waals surface area contributed by atoms with E-state index in [-0.39, 0.29) is 10.6 Å². The minimum atomic E-state index is -1.10.